The molecule has 8 heteroatoms. The van der Waals surface area contributed by atoms with Crippen molar-refractivity contribution in [3.8, 4) is 11.5 Å². The zero-order valence-electron chi connectivity index (χ0n) is 19.5. The van der Waals surface area contributed by atoms with Crippen LogP contribution in [-0.4, -0.2) is 54.2 Å². The predicted octanol–water partition coefficient (Wildman–Crippen LogP) is 3.51. The smallest absolute Gasteiger partial charge is 0.242 e. The molecule has 1 aromatic carbocycles. The van der Waals surface area contributed by atoms with Crippen LogP contribution in [0.5, 0.6) is 11.5 Å². The van der Waals surface area contributed by atoms with Crippen molar-refractivity contribution in [2.75, 3.05) is 26.5 Å². The first-order valence-corrected chi connectivity index (χ1v) is 11.5. The highest BCUT2D eigenvalue weighted by Gasteiger charge is 2.28. The highest BCUT2D eigenvalue weighted by atomic mass is 16.7. The Morgan fingerprint density at radius 3 is 2.58 bits per heavy atom. The third kappa shape index (κ3) is 5.87. The molecule has 2 aliphatic rings. The first kappa shape index (κ1) is 23.2. The molecule has 8 nitrogen and oxygen atoms in total. The number of hydrogen-bond donors (Lipinski definition) is 0. The van der Waals surface area contributed by atoms with Gasteiger partial charge in [0.1, 0.15) is 11.5 Å². The summed E-state index contributed by atoms with van der Waals surface area (Å²) in [6.45, 7) is 7.58. The molecule has 2 amide bonds. The van der Waals surface area contributed by atoms with E-state index >= 15 is 0 Å². The van der Waals surface area contributed by atoms with E-state index < -0.39 is 0 Å². The van der Waals surface area contributed by atoms with E-state index in [1.54, 1.807) is 9.80 Å². The summed E-state index contributed by atoms with van der Waals surface area (Å²) in [4.78, 5) is 29.7. The van der Waals surface area contributed by atoms with E-state index in [4.69, 9.17) is 18.6 Å². The molecular weight excluding hydrogens is 424 g/mol. The van der Waals surface area contributed by atoms with Gasteiger partial charge in [0, 0.05) is 25.6 Å². The van der Waals surface area contributed by atoms with E-state index in [9.17, 15) is 9.59 Å². The zero-order chi connectivity index (χ0) is 23.4. The third-order valence-electron chi connectivity index (χ3n) is 5.89. The van der Waals surface area contributed by atoms with Gasteiger partial charge in [-0.15, -0.1) is 0 Å². The number of nitrogens with zero attached hydrogens (tertiary/aromatic N) is 2. The maximum absolute atomic E-state index is 13.5. The molecule has 1 atom stereocenters. The van der Waals surface area contributed by atoms with Gasteiger partial charge in [0.05, 0.1) is 19.2 Å². The van der Waals surface area contributed by atoms with Gasteiger partial charge < -0.3 is 28.4 Å². The third-order valence-corrected chi connectivity index (χ3v) is 5.89. The zero-order valence-corrected chi connectivity index (χ0v) is 19.5. The van der Waals surface area contributed by atoms with Gasteiger partial charge in [0.15, 0.2) is 11.5 Å². The SMILES string of the molecule is Cc1ccc(CN(Cc2ccc3c(c2)OCO3)C(=O)CN(CC2CCCO2)C(=O)C(C)C)o1. The van der Waals surface area contributed by atoms with Crippen LogP contribution in [0.2, 0.25) is 0 Å². The van der Waals surface area contributed by atoms with Gasteiger partial charge in [-0.05, 0) is 49.6 Å². The lowest BCUT2D eigenvalue weighted by Crippen LogP contribution is -2.46. The molecule has 1 fully saturated rings. The monoisotopic (exact) mass is 456 g/mol. The molecular formula is C25H32N2O6. The van der Waals surface area contributed by atoms with Gasteiger partial charge in [-0.3, -0.25) is 9.59 Å². The molecule has 2 aromatic rings. The number of fused-ring (bicyclic) bond motifs is 1. The number of benzene rings is 1. The van der Waals surface area contributed by atoms with Crippen LogP contribution < -0.4 is 9.47 Å². The average molecular weight is 457 g/mol. The summed E-state index contributed by atoms with van der Waals surface area (Å²) in [5.41, 5.74) is 0.914. The summed E-state index contributed by atoms with van der Waals surface area (Å²) < 4.78 is 22.4. The fourth-order valence-corrected chi connectivity index (χ4v) is 4.15. The topological polar surface area (TPSA) is 81.5 Å². The molecule has 3 heterocycles. The summed E-state index contributed by atoms with van der Waals surface area (Å²) in [6, 6.07) is 9.41. The van der Waals surface area contributed by atoms with E-state index in [1.807, 2.05) is 51.1 Å². The van der Waals surface area contributed by atoms with E-state index in [-0.39, 0.29) is 37.2 Å². The molecule has 0 saturated carbocycles. The van der Waals surface area contributed by atoms with Crippen molar-refractivity contribution in [1.82, 2.24) is 9.80 Å². The van der Waals surface area contributed by atoms with Gasteiger partial charge in [-0.1, -0.05) is 19.9 Å². The van der Waals surface area contributed by atoms with Crippen LogP contribution in [0.4, 0.5) is 0 Å². The molecule has 0 radical (unpaired) electrons. The van der Waals surface area contributed by atoms with Crippen molar-refractivity contribution in [2.24, 2.45) is 5.92 Å². The molecule has 0 aliphatic carbocycles. The number of ether oxygens (including phenoxy) is 3. The van der Waals surface area contributed by atoms with Gasteiger partial charge in [0.25, 0.3) is 0 Å². The Labute approximate surface area is 194 Å². The minimum atomic E-state index is -0.200. The lowest BCUT2D eigenvalue weighted by Gasteiger charge is -2.30. The molecule has 2 aliphatic heterocycles. The largest absolute Gasteiger partial charge is 0.464 e. The van der Waals surface area contributed by atoms with Crippen LogP contribution in [0, 0.1) is 12.8 Å². The second kappa shape index (κ2) is 10.3. The fourth-order valence-electron chi connectivity index (χ4n) is 4.15. The summed E-state index contributed by atoms with van der Waals surface area (Å²) >= 11 is 0. The Hall–Kier alpha value is -3.00. The molecule has 4 rings (SSSR count). The van der Waals surface area contributed by atoms with E-state index in [0.29, 0.717) is 43.5 Å². The van der Waals surface area contributed by atoms with E-state index in [1.165, 1.54) is 0 Å². The van der Waals surface area contributed by atoms with Crippen LogP contribution in [0.3, 0.4) is 0 Å². The maximum atomic E-state index is 13.5. The first-order chi connectivity index (χ1) is 15.9. The highest BCUT2D eigenvalue weighted by Crippen LogP contribution is 2.33. The molecule has 0 spiro atoms. The molecule has 178 valence electrons. The Morgan fingerprint density at radius 2 is 1.88 bits per heavy atom. The number of amides is 2. The van der Waals surface area contributed by atoms with Crippen molar-refractivity contribution in [1.29, 1.82) is 0 Å². The average Bonchev–Trinajstić information content (AvgIpc) is 3.54. The Bertz CT molecular complexity index is 979. The van der Waals surface area contributed by atoms with Crippen LogP contribution in [0.15, 0.2) is 34.7 Å². The molecule has 0 bridgehead atoms. The van der Waals surface area contributed by atoms with Crippen molar-refractivity contribution in [3.63, 3.8) is 0 Å². The molecule has 1 unspecified atom stereocenters. The van der Waals surface area contributed by atoms with Crippen molar-refractivity contribution in [2.45, 2.75) is 52.8 Å². The van der Waals surface area contributed by atoms with Gasteiger partial charge in [-0.25, -0.2) is 0 Å². The second-order valence-corrected chi connectivity index (χ2v) is 8.96. The number of aryl methyl sites for hydroxylation is 1. The minimum absolute atomic E-state index is 0.00111. The van der Waals surface area contributed by atoms with Gasteiger partial charge in [-0.2, -0.15) is 0 Å². The summed E-state index contributed by atoms with van der Waals surface area (Å²) in [7, 11) is 0. The van der Waals surface area contributed by atoms with E-state index in [0.717, 1.165) is 24.2 Å². The van der Waals surface area contributed by atoms with Crippen LogP contribution in [0.25, 0.3) is 0 Å². The van der Waals surface area contributed by atoms with Crippen molar-refractivity contribution >= 4 is 11.8 Å². The quantitative estimate of drug-likeness (QED) is 0.574. The summed E-state index contributed by atoms with van der Waals surface area (Å²) in [6.07, 6.45) is 1.87. The lowest BCUT2D eigenvalue weighted by atomic mass is 10.1. The van der Waals surface area contributed by atoms with Crippen LogP contribution in [-0.2, 0) is 27.4 Å². The summed E-state index contributed by atoms with van der Waals surface area (Å²) in [5.74, 6) is 2.46. The number of furan rings is 1. The molecule has 0 N–H and O–H groups in total. The normalized spacial score (nSPS) is 16.9. The van der Waals surface area contributed by atoms with Crippen molar-refractivity contribution in [3.05, 3.63) is 47.4 Å². The molecule has 1 saturated heterocycles. The van der Waals surface area contributed by atoms with Crippen LogP contribution >= 0.6 is 0 Å². The molecule has 33 heavy (non-hydrogen) atoms. The summed E-state index contributed by atoms with van der Waals surface area (Å²) in [5, 5.41) is 0. The Morgan fingerprint density at radius 1 is 1.06 bits per heavy atom. The maximum Gasteiger partial charge on any atom is 0.242 e. The number of rotatable bonds is 9. The van der Waals surface area contributed by atoms with Crippen molar-refractivity contribution < 1.29 is 28.2 Å². The van der Waals surface area contributed by atoms with Gasteiger partial charge in [0.2, 0.25) is 18.6 Å². The Balaban J connectivity index is 1.52. The predicted molar refractivity (Wildman–Crippen MR) is 121 cm³/mol. The Kier molecular flexibility index (Phi) is 7.23. The number of hydrogen-bond acceptors (Lipinski definition) is 6. The molecule has 1 aromatic heterocycles. The standard InChI is InChI=1S/C25H32N2O6/c1-17(2)25(29)27(13-20-5-4-10-30-20)15-24(28)26(14-21-8-6-18(3)33-21)12-19-7-9-22-23(11-19)32-16-31-22/h6-9,11,17,20H,4-5,10,12-16H2,1-3H3. The number of carbonyl (C=O) groups is 2. The lowest BCUT2D eigenvalue weighted by molar-refractivity contribution is -0.144. The fraction of sp³-hybridized carbons (Fsp3) is 0.520. The minimum Gasteiger partial charge on any atom is -0.464 e. The second-order valence-electron chi connectivity index (χ2n) is 8.96. The van der Waals surface area contributed by atoms with E-state index in [2.05, 4.69) is 0 Å². The van der Waals surface area contributed by atoms with Crippen LogP contribution in [0.1, 0.15) is 43.8 Å². The van der Waals surface area contributed by atoms with Gasteiger partial charge >= 0.3 is 0 Å². The first-order valence-electron chi connectivity index (χ1n) is 11.5. The highest BCUT2D eigenvalue weighted by molar-refractivity contribution is 5.85. The number of carbonyl (C=O) groups excluding carboxylic acids is 2.